The van der Waals surface area contributed by atoms with Gasteiger partial charge >= 0.3 is 0 Å². The molecule has 4 aromatic carbocycles. The second kappa shape index (κ2) is 9.96. The summed E-state index contributed by atoms with van der Waals surface area (Å²) in [6, 6.07) is 34.2. The quantitative estimate of drug-likeness (QED) is 0.309. The highest BCUT2D eigenvalue weighted by molar-refractivity contribution is 6.03. The van der Waals surface area contributed by atoms with Crippen molar-refractivity contribution in [1.82, 2.24) is 0 Å². The third-order valence-electron chi connectivity index (χ3n) is 6.14. The summed E-state index contributed by atoms with van der Waals surface area (Å²) in [7, 11) is 0. The number of hydrogen-bond donors (Lipinski definition) is 2. The van der Waals surface area contributed by atoms with Crippen LogP contribution in [0.3, 0.4) is 0 Å². The molecule has 3 heteroatoms. The Balaban J connectivity index is 1.85. The molecule has 0 heterocycles. The topological polar surface area (TPSA) is 41.1 Å². The summed E-state index contributed by atoms with van der Waals surface area (Å²) in [5, 5.41) is 6.84. The van der Waals surface area contributed by atoms with Crippen molar-refractivity contribution in [3.05, 3.63) is 131 Å². The van der Waals surface area contributed by atoms with Crippen LogP contribution in [-0.2, 0) is 10.3 Å². The first kappa shape index (κ1) is 23.3. The highest BCUT2D eigenvalue weighted by Gasteiger charge is 2.42. The number of carbonyl (C=O) groups excluding carboxylic acids is 1. The Hall–Kier alpha value is -3.85. The van der Waals surface area contributed by atoms with Gasteiger partial charge in [0, 0.05) is 11.4 Å². The third kappa shape index (κ3) is 4.89. The van der Waals surface area contributed by atoms with Crippen LogP contribution in [0, 0.1) is 13.8 Å². The van der Waals surface area contributed by atoms with Gasteiger partial charge in [0.05, 0.1) is 0 Å². The summed E-state index contributed by atoms with van der Waals surface area (Å²) >= 11 is 0. The molecule has 0 aliphatic heterocycles. The van der Waals surface area contributed by atoms with Crippen molar-refractivity contribution in [3.63, 3.8) is 0 Å². The van der Waals surface area contributed by atoms with Crippen molar-refractivity contribution in [1.29, 1.82) is 0 Å². The van der Waals surface area contributed by atoms with E-state index in [9.17, 15) is 4.79 Å². The molecule has 0 saturated heterocycles. The van der Waals surface area contributed by atoms with Gasteiger partial charge in [0.25, 0.3) is 5.91 Å². The molecule has 0 spiro atoms. The molecule has 0 aliphatic rings. The first-order valence-corrected chi connectivity index (χ1v) is 11.8. The van der Waals surface area contributed by atoms with E-state index in [4.69, 9.17) is 0 Å². The van der Waals surface area contributed by atoms with Crippen molar-refractivity contribution < 1.29 is 4.79 Å². The summed E-state index contributed by atoms with van der Waals surface area (Å²) < 4.78 is 0. The largest absolute Gasteiger partial charge is 0.364 e. The summed E-state index contributed by atoms with van der Waals surface area (Å²) in [4.78, 5) is 14.3. The van der Waals surface area contributed by atoms with Crippen LogP contribution < -0.4 is 10.6 Å². The van der Waals surface area contributed by atoms with E-state index in [1.807, 2.05) is 72.8 Å². The molecule has 4 rings (SSSR count). The van der Waals surface area contributed by atoms with Crippen LogP contribution in [0.2, 0.25) is 0 Å². The second-order valence-electron chi connectivity index (χ2n) is 9.21. The highest BCUT2D eigenvalue weighted by Crippen LogP contribution is 2.36. The van der Waals surface area contributed by atoms with E-state index in [-0.39, 0.29) is 5.91 Å². The Morgan fingerprint density at radius 2 is 1.18 bits per heavy atom. The molecule has 0 radical (unpaired) electrons. The van der Waals surface area contributed by atoms with Crippen molar-refractivity contribution >= 4 is 17.3 Å². The predicted molar refractivity (Wildman–Crippen MR) is 142 cm³/mol. The number of anilines is 2. The summed E-state index contributed by atoms with van der Waals surface area (Å²) in [5.41, 5.74) is 5.81. The minimum absolute atomic E-state index is 0.138. The fourth-order valence-electron chi connectivity index (χ4n) is 4.45. The minimum Gasteiger partial charge on any atom is -0.364 e. The highest BCUT2D eigenvalue weighted by atomic mass is 16.2. The van der Waals surface area contributed by atoms with Crippen molar-refractivity contribution in [2.24, 2.45) is 0 Å². The van der Waals surface area contributed by atoms with Crippen LogP contribution in [0.4, 0.5) is 11.4 Å². The molecule has 34 heavy (non-hydrogen) atoms. The molecule has 2 N–H and O–H groups in total. The smallest absolute Gasteiger partial charge is 0.259 e. The maximum absolute atomic E-state index is 14.3. The zero-order chi connectivity index (χ0) is 24.1. The van der Waals surface area contributed by atoms with Crippen LogP contribution >= 0.6 is 0 Å². The van der Waals surface area contributed by atoms with Gasteiger partial charge in [-0.3, -0.25) is 4.79 Å². The number of carbonyl (C=O) groups is 1. The van der Waals surface area contributed by atoms with Gasteiger partial charge in [-0.1, -0.05) is 92.7 Å². The summed E-state index contributed by atoms with van der Waals surface area (Å²) in [5.74, 6) is 0.296. The van der Waals surface area contributed by atoms with Crippen LogP contribution in [0.5, 0.6) is 0 Å². The molecule has 4 aromatic rings. The Labute approximate surface area is 202 Å². The molecule has 0 aromatic heterocycles. The first-order valence-electron chi connectivity index (χ1n) is 11.8. The molecule has 1 amide bonds. The van der Waals surface area contributed by atoms with Gasteiger partial charge in [0.2, 0.25) is 0 Å². The van der Waals surface area contributed by atoms with Gasteiger partial charge in [0.1, 0.15) is 0 Å². The van der Waals surface area contributed by atoms with Crippen molar-refractivity contribution in [2.75, 3.05) is 10.6 Å². The fourth-order valence-corrected chi connectivity index (χ4v) is 4.45. The standard InChI is InChI=1S/C31H32N2O/c1-22(2)25-15-17-28(18-16-25)32-30(34)31(26-11-7-5-8-12-26,27-13-9-6-10-14-27)33-29-20-23(3)19-24(4)21-29/h5-22,33H,1-4H3,(H,32,34). The Kier molecular flexibility index (Phi) is 6.83. The van der Waals surface area contributed by atoms with Gasteiger partial charge in [-0.25, -0.2) is 0 Å². The fraction of sp³-hybridized carbons (Fsp3) is 0.194. The van der Waals surface area contributed by atoms with Gasteiger partial charge in [-0.2, -0.15) is 0 Å². The Bertz CT molecular complexity index is 1190. The SMILES string of the molecule is Cc1cc(C)cc(NC(C(=O)Nc2ccc(C(C)C)cc2)(c2ccccc2)c2ccccc2)c1. The van der Waals surface area contributed by atoms with Gasteiger partial charge < -0.3 is 10.6 Å². The number of amides is 1. The lowest BCUT2D eigenvalue weighted by atomic mass is 9.81. The first-order chi connectivity index (χ1) is 16.4. The normalized spacial score (nSPS) is 11.3. The maximum Gasteiger partial charge on any atom is 0.259 e. The molecule has 0 aliphatic carbocycles. The summed E-state index contributed by atoms with van der Waals surface area (Å²) in [6.45, 7) is 8.47. The zero-order valence-corrected chi connectivity index (χ0v) is 20.3. The minimum atomic E-state index is -1.13. The van der Waals surface area contributed by atoms with E-state index in [0.717, 1.165) is 33.6 Å². The van der Waals surface area contributed by atoms with Crippen LogP contribution in [0.15, 0.2) is 103 Å². The number of nitrogens with one attached hydrogen (secondary N) is 2. The molecular formula is C31H32N2O. The van der Waals surface area contributed by atoms with Gasteiger partial charge in [-0.15, -0.1) is 0 Å². The molecule has 0 atom stereocenters. The zero-order valence-electron chi connectivity index (χ0n) is 20.3. The molecule has 0 unspecified atom stereocenters. The van der Waals surface area contributed by atoms with E-state index < -0.39 is 5.54 Å². The lowest BCUT2D eigenvalue weighted by molar-refractivity contribution is -0.119. The molecular weight excluding hydrogens is 416 g/mol. The third-order valence-corrected chi connectivity index (χ3v) is 6.14. The van der Waals surface area contributed by atoms with Crippen LogP contribution in [-0.4, -0.2) is 5.91 Å². The number of aryl methyl sites for hydroxylation is 2. The summed E-state index contributed by atoms with van der Waals surface area (Å²) in [6.07, 6.45) is 0. The second-order valence-corrected chi connectivity index (χ2v) is 9.21. The van der Waals surface area contributed by atoms with E-state index in [1.165, 1.54) is 5.56 Å². The van der Waals surface area contributed by atoms with E-state index in [0.29, 0.717) is 5.92 Å². The maximum atomic E-state index is 14.3. The van der Waals surface area contributed by atoms with E-state index >= 15 is 0 Å². The number of rotatable bonds is 7. The molecule has 0 saturated carbocycles. The average molecular weight is 449 g/mol. The van der Waals surface area contributed by atoms with Gasteiger partial charge in [0.15, 0.2) is 5.54 Å². The lowest BCUT2D eigenvalue weighted by Crippen LogP contribution is -2.48. The molecule has 0 bridgehead atoms. The predicted octanol–water partition coefficient (Wildman–Crippen LogP) is 7.42. The Morgan fingerprint density at radius 1 is 0.676 bits per heavy atom. The molecule has 3 nitrogen and oxygen atoms in total. The van der Waals surface area contributed by atoms with Crippen molar-refractivity contribution in [3.8, 4) is 0 Å². The monoisotopic (exact) mass is 448 g/mol. The van der Waals surface area contributed by atoms with Crippen LogP contribution in [0.1, 0.15) is 47.6 Å². The lowest BCUT2D eigenvalue weighted by Gasteiger charge is -2.36. The van der Waals surface area contributed by atoms with E-state index in [1.54, 1.807) is 0 Å². The number of benzene rings is 4. The van der Waals surface area contributed by atoms with E-state index in [2.05, 4.69) is 68.7 Å². The van der Waals surface area contributed by atoms with Crippen molar-refractivity contribution in [2.45, 2.75) is 39.2 Å². The molecule has 172 valence electrons. The molecule has 0 fully saturated rings. The Morgan fingerprint density at radius 3 is 1.65 bits per heavy atom. The van der Waals surface area contributed by atoms with Gasteiger partial charge in [-0.05, 0) is 71.8 Å². The van der Waals surface area contributed by atoms with Crippen LogP contribution in [0.25, 0.3) is 0 Å². The number of hydrogen-bond acceptors (Lipinski definition) is 2. The average Bonchev–Trinajstić information content (AvgIpc) is 2.83.